The minimum atomic E-state index is -5.79. The number of phosphoric acid groups is 3. The Morgan fingerprint density at radius 1 is 0.794 bits per heavy atom. The molecule has 4 aromatic rings. The summed E-state index contributed by atoms with van der Waals surface area (Å²) in [4.78, 5) is 90.6. The number of hydrogen-bond donors (Lipinski definition) is 9. The van der Waals surface area contributed by atoms with E-state index in [0.717, 1.165) is 75.7 Å². The number of H-pyrrole nitrogens is 1. The quantitative estimate of drug-likeness (QED) is 0.00666. The van der Waals surface area contributed by atoms with Crippen LogP contribution in [0.1, 0.15) is 142 Å². The van der Waals surface area contributed by atoms with Gasteiger partial charge in [-0.1, -0.05) is 92.7 Å². The minimum absolute atomic E-state index is 0.0123. The summed E-state index contributed by atoms with van der Waals surface area (Å²) in [5.74, 6) is -0.467. The van der Waals surface area contributed by atoms with Crippen LogP contribution in [0.15, 0.2) is 52.4 Å². The van der Waals surface area contributed by atoms with Crippen molar-refractivity contribution < 1.29 is 97.4 Å². The van der Waals surface area contributed by atoms with E-state index in [1.807, 2.05) is 19.9 Å². The normalized spacial score (nSPS) is 20.4. The van der Waals surface area contributed by atoms with Gasteiger partial charge in [-0.3, -0.25) is 33.0 Å². The monoisotopic (exact) mass is 1480 g/mol. The van der Waals surface area contributed by atoms with E-state index in [9.17, 15) is 50.8 Å². The molecule has 3 aliphatic heterocycles. The zero-order chi connectivity index (χ0) is 71.0. The number of phosphoric ester groups is 1. The second kappa shape index (κ2) is 35.7. The van der Waals surface area contributed by atoms with Gasteiger partial charge in [-0.25, -0.2) is 18.7 Å². The van der Waals surface area contributed by atoms with Gasteiger partial charge in [0.05, 0.1) is 76.8 Å². The highest BCUT2D eigenvalue weighted by atomic mass is 33.1. The van der Waals surface area contributed by atoms with Crippen molar-refractivity contribution in [2.75, 3.05) is 107 Å². The molecule has 0 bridgehead atoms. The van der Waals surface area contributed by atoms with Crippen molar-refractivity contribution in [1.82, 2.24) is 30.2 Å². The largest absolute Gasteiger partial charge is 0.490 e. The fourth-order valence-corrected chi connectivity index (χ4v) is 18.2. The summed E-state index contributed by atoms with van der Waals surface area (Å²) in [6, 6.07) is 12.4. The molecule has 0 saturated carbocycles. The Hall–Kier alpha value is -4.09. The van der Waals surface area contributed by atoms with Crippen LogP contribution in [-0.4, -0.2) is 184 Å². The SMILES string of the molecule is CCN1c2ccc(C)cc2C(C)(C)C1CCCCCC1N(CCCCCC(=O)NCCOCCOCCOCCOCCC(=O)NCC(C)(C)SSCOC2C[C@H](n3cnc4c(=O)[nH]c(N)nc43)O[C@@H]2COP(=O)(O)OP(=O)(O)OP(=O)(O)O)c2ccc(S(=O)(=O)O)cc2C1(C)C. The number of unbranched alkanes of at least 4 members (excludes halogenated alkanes) is 4. The number of amides is 2. The molecule has 97 heavy (non-hydrogen) atoms. The molecule has 31 nitrogen and oxygen atoms in total. The molecule has 546 valence electrons. The number of aryl methyl sites for hydroxylation is 1. The van der Waals surface area contributed by atoms with Crippen molar-refractivity contribution in [3.8, 4) is 0 Å². The number of ether oxygens (including phenoxy) is 6. The summed E-state index contributed by atoms with van der Waals surface area (Å²) >= 11 is 0. The van der Waals surface area contributed by atoms with Gasteiger partial charge in [0.15, 0.2) is 11.2 Å². The Labute approximate surface area is 574 Å². The van der Waals surface area contributed by atoms with Crippen LogP contribution in [0.4, 0.5) is 17.3 Å². The average Bonchev–Trinajstić information content (AvgIpc) is 1.60. The molecule has 7 atom stereocenters. The lowest BCUT2D eigenvalue weighted by Crippen LogP contribution is -2.42. The van der Waals surface area contributed by atoms with E-state index >= 15 is 0 Å². The molecular formula is C60H96N9O22P3S3. The lowest BCUT2D eigenvalue weighted by Gasteiger charge is -2.35. The van der Waals surface area contributed by atoms with E-state index in [1.54, 1.807) is 6.07 Å². The molecule has 37 heteroatoms. The lowest BCUT2D eigenvalue weighted by molar-refractivity contribution is -0.122. The number of nitrogens with one attached hydrogen (secondary N) is 3. The second-order valence-corrected chi connectivity index (χ2v) is 34.5. The van der Waals surface area contributed by atoms with Crippen LogP contribution < -0.4 is 31.7 Å². The first-order chi connectivity index (χ1) is 45.6. The van der Waals surface area contributed by atoms with Crippen molar-refractivity contribution in [2.24, 2.45) is 0 Å². The van der Waals surface area contributed by atoms with Gasteiger partial charge in [-0.15, -0.1) is 0 Å². The van der Waals surface area contributed by atoms with E-state index in [-0.39, 0.29) is 89.2 Å². The molecule has 2 amide bonds. The van der Waals surface area contributed by atoms with Gasteiger partial charge < -0.3 is 74.2 Å². The number of rotatable bonds is 44. The summed E-state index contributed by atoms with van der Waals surface area (Å²) in [6.07, 6.45) is 6.49. The van der Waals surface area contributed by atoms with Crippen LogP contribution in [0.2, 0.25) is 0 Å². The molecule has 2 aromatic heterocycles. The zero-order valence-electron chi connectivity index (χ0n) is 56.2. The summed E-state index contributed by atoms with van der Waals surface area (Å²) in [6.45, 7) is 21.3. The third-order valence-corrected chi connectivity index (χ3v) is 24.8. The summed E-state index contributed by atoms with van der Waals surface area (Å²) in [5, 5.41) is 5.81. The Morgan fingerprint density at radius 2 is 1.39 bits per heavy atom. The number of carbonyl (C=O) groups excluding carboxylic acids is 2. The van der Waals surface area contributed by atoms with Crippen molar-refractivity contribution in [2.45, 2.75) is 177 Å². The Balaban J connectivity index is 0.693. The number of hydrogen-bond acceptors (Lipinski definition) is 24. The van der Waals surface area contributed by atoms with Gasteiger partial charge in [-0.05, 0) is 88.8 Å². The number of nitrogens with two attached hydrogens (primary N) is 1. The zero-order valence-corrected chi connectivity index (χ0v) is 61.3. The third kappa shape index (κ3) is 23.7. The highest BCUT2D eigenvalue weighted by molar-refractivity contribution is 8.77. The van der Waals surface area contributed by atoms with Crippen LogP contribution in [0.25, 0.3) is 11.2 Å². The van der Waals surface area contributed by atoms with Crippen LogP contribution in [-0.2, 0) is 85.8 Å². The smallest absolute Gasteiger partial charge is 0.379 e. The molecule has 0 aliphatic carbocycles. The third-order valence-electron chi connectivity index (χ3n) is 17.2. The number of benzene rings is 2. The van der Waals surface area contributed by atoms with Gasteiger partial charge >= 0.3 is 23.5 Å². The minimum Gasteiger partial charge on any atom is -0.379 e. The second-order valence-electron chi connectivity index (χ2n) is 25.7. The topological polar surface area (TPSA) is 424 Å². The van der Waals surface area contributed by atoms with Crippen molar-refractivity contribution in [3.05, 3.63) is 69.8 Å². The fraction of sp³-hybridized carbons (Fsp3) is 0.683. The lowest BCUT2D eigenvalue weighted by atomic mass is 9.77. The number of fused-ring (bicyclic) bond motifs is 3. The number of nitrogens with zero attached hydrogens (tertiary/aromatic N) is 5. The summed E-state index contributed by atoms with van der Waals surface area (Å²) in [5.41, 5.74) is 10.8. The Bertz CT molecular complexity index is 3600. The predicted molar refractivity (Wildman–Crippen MR) is 367 cm³/mol. The van der Waals surface area contributed by atoms with Gasteiger partial charge in [0.1, 0.15) is 18.3 Å². The Morgan fingerprint density at radius 3 is 2.04 bits per heavy atom. The molecule has 5 unspecified atom stereocenters. The molecule has 2 aromatic carbocycles. The van der Waals surface area contributed by atoms with E-state index < -0.39 is 68.9 Å². The van der Waals surface area contributed by atoms with Crippen molar-refractivity contribution in [3.63, 3.8) is 0 Å². The number of carbonyl (C=O) groups is 2. The van der Waals surface area contributed by atoms with Gasteiger partial charge in [0.2, 0.25) is 17.8 Å². The maximum Gasteiger partial charge on any atom is 0.490 e. The van der Waals surface area contributed by atoms with Crippen LogP contribution >= 0.6 is 45.1 Å². The average molecular weight is 1480 g/mol. The first-order valence-electron chi connectivity index (χ1n) is 32.3. The molecule has 7 rings (SSSR count). The summed E-state index contributed by atoms with van der Waals surface area (Å²) < 4.78 is 118. The van der Waals surface area contributed by atoms with E-state index in [1.165, 1.54) is 55.4 Å². The summed E-state index contributed by atoms with van der Waals surface area (Å²) in [7, 11) is -18.6. The standard InChI is InChI=1S/C60H96N9O22P3S3/c1-9-67-45-21-19-41(2)34-43(45)59(5,6)49(67)16-12-10-13-17-50-60(7,8)44-35-42(97(80,81)82)20-22-46(44)68(50)25-15-11-14-18-51(70)62-24-27-84-29-31-86-33-32-85-30-28-83-26-23-52(71)63-38-58(3,4)96-95-40-87-47-36-53(69-39-64-54-55(69)65-57(61)66-56(54)72)89-48(47)37-88-93(76,77)91-94(78,79)90-92(73,74)75/h19-22,34-35,39,47-50,53H,9-18,23-33,36-38,40H2,1-8H3,(H,62,70)(H,63,71)(H,76,77)(H,78,79)(H2,73,74,75)(H,80,81,82)(H3,61,65,66,72)/t47?,48-,49?,50?,53-/m1/s1. The fourth-order valence-electron chi connectivity index (χ4n) is 12.5. The van der Waals surface area contributed by atoms with E-state index in [4.69, 9.17) is 48.5 Å². The van der Waals surface area contributed by atoms with Gasteiger partial charge in [0.25, 0.3) is 15.7 Å². The van der Waals surface area contributed by atoms with Crippen molar-refractivity contribution in [1.29, 1.82) is 0 Å². The Kier molecular flexibility index (Phi) is 29.5. The predicted octanol–water partition coefficient (Wildman–Crippen LogP) is 7.94. The van der Waals surface area contributed by atoms with Gasteiger partial charge in [-0.2, -0.15) is 22.0 Å². The molecule has 3 aliphatic rings. The van der Waals surface area contributed by atoms with E-state index in [2.05, 4.69) is 104 Å². The van der Waals surface area contributed by atoms with E-state index in [0.29, 0.717) is 58.6 Å². The molecule has 5 heterocycles. The first-order valence-corrected chi connectivity index (χ1v) is 40.6. The number of anilines is 3. The number of imidazole rings is 1. The first kappa shape index (κ1) is 80.2. The van der Waals surface area contributed by atoms with Crippen LogP contribution in [0.3, 0.4) is 0 Å². The number of aromatic nitrogens is 4. The molecule has 1 fully saturated rings. The maximum absolute atomic E-state index is 12.7. The molecule has 0 spiro atoms. The maximum atomic E-state index is 12.7. The van der Waals surface area contributed by atoms with Crippen LogP contribution in [0.5, 0.6) is 0 Å². The van der Waals surface area contributed by atoms with Crippen molar-refractivity contribution >= 4 is 95.5 Å². The molecule has 0 radical (unpaired) electrons. The van der Waals surface area contributed by atoms with Gasteiger partial charge in [0, 0.05) is 84.5 Å². The highest BCUT2D eigenvalue weighted by Gasteiger charge is 2.47. The number of likely N-dealkylation sites (N-methyl/N-ethyl adjacent to an activating group) is 1. The molecular weight excluding hydrogens is 1390 g/mol. The molecule has 1 saturated heterocycles. The molecule has 10 N–H and O–H groups in total. The number of nitrogen functional groups attached to an aromatic ring is 1. The number of aromatic amines is 1. The highest BCUT2D eigenvalue weighted by Crippen LogP contribution is 2.66. The van der Waals surface area contributed by atoms with Crippen LogP contribution in [0, 0.1) is 6.92 Å².